The van der Waals surface area contributed by atoms with Crippen molar-refractivity contribution in [2.45, 2.75) is 44.9 Å². The highest BCUT2D eigenvalue weighted by Gasteiger charge is 2.30. The molecule has 1 unspecified atom stereocenters. The third-order valence-electron chi connectivity index (χ3n) is 3.92. The SMILES string of the molecule is CC(=O)N1CCC(CCc2noc(C3CC3)n2)C1. The molecular formula is C13H19N3O2. The smallest absolute Gasteiger partial charge is 0.229 e. The van der Waals surface area contributed by atoms with Crippen LogP contribution in [0, 0.1) is 5.92 Å². The van der Waals surface area contributed by atoms with Crippen LogP contribution in [0.2, 0.25) is 0 Å². The molecule has 2 fully saturated rings. The molecule has 2 heterocycles. The van der Waals surface area contributed by atoms with Crippen LogP contribution < -0.4 is 0 Å². The van der Waals surface area contributed by atoms with Gasteiger partial charge in [0.2, 0.25) is 11.8 Å². The van der Waals surface area contributed by atoms with E-state index in [0.29, 0.717) is 11.8 Å². The Bertz CT molecular complexity index is 439. The molecule has 0 spiro atoms. The number of hydrogen-bond acceptors (Lipinski definition) is 4. The van der Waals surface area contributed by atoms with Crippen molar-refractivity contribution in [1.82, 2.24) is 15.0 Å². The minimum atomic E-state index is 0.188. The number of hydrogen-bond donors (Lipinski definition) is 0. The standard InChI is InChI=1S/C13H19N3O2/c1-9(17)16-7-6-10(8-16)2-5-12-14-13(18-15-12)11-3-4-11/h10-11H,2-8H2,1H3. The first-order chi connectivity index (χ1) is 8.72. The summed E-state index contributed by atoms with van der Waals surface area (Å²) in [4.78, 5) is 17.6. The van der Waals surface area contributed by atoms with Gasteiger partial charge in [-0.3, -0.25) is 4.79 Å². The maximum Gasteiger partial charge on any atom is 0.229 e. The van der Waals surface area contributed by atoms with Crippen LogP contribution in [0.4, 0.5) is 0 Å². The number of carbonyl (C=O) groups is 1. The van der Waals surface area contributed by atoms with Gasteiger partial charge in [-0.1, -0.05) is 5.16 Å². The Labute approximate surface area is 107 Å². The van der Waals surface area contributed by atoms with Crippen molar-refractivity contribution < 1.29 is 9.32 Å². The topological polar surface area (TPSA) is 59.2 Å². The zero-order chi connectivity index (χ0) is 12.5. The molecular weight excluding hydrogens is 230 g/mol. The number of aromatic nitrogens is 2. The first-order valence-electron chi connectivity index (χ1n) is 6.80. The number of aryl methyl sites for hydroxylation is 1. The molecule has 1 aliphatic heterocycles. The van der Waals surface area contributed by atoms with E-state index in [1.165, 1.54) is 12.8 Å². The lowest BCUT2D eigenvalue weighted by Crippen LogP contribution is -2.25. The Balaban J connectivity index is 1.47. The van der Waals surface area contributed by atoms with E-state index in [0.717, 1.165) is 44.1 Å². The van der Waals surface area contributed by atoms with Crippen molar-refractivity contribution in [3.63, 3.8) is 0 Å². The summed E-state index contributed by atoms with van der Waals surface area (Å²) in [6.45, 7) is 3.44. The van der Waals surface area contributed by atoms with Crippen molar-refractivity contribution in [2.75, 3.05) is 13.1 Å². The second-order valence-electron chi connectivity index (χ2n) is 5.48. The van der Waals surface area contributed by atoms with Gasteiger partial charge in [0, 0.05) is 32.4 Å². The highest BCUT2D eigenvalue weighted by molar-refractivity contribution is 5.73. The molecule has 98 valence electrons. The van der Waals surface area contributed by atoms with Gasteiger partial charge in [-0.15, -0.1) is 0 Å². The number of likely N-dealkylation sites (tertiary alicyclic amines) is 1. The van der Waals surface area contributed by atoms with Gasteiger partial charge in [-0.25, -0.2) is 0 Å². The molecule has 0 aromatic carbocycles. The zero-order valence-electron chi connectivity index (χ0n) is 10.8. The van der Waals surface area contributed by atoms with E-state index >= 15 is 0 Å². The van der Waals surface area contributed by atoms with E-state index in [9.17, 15) is 4.79 Å². The maximum absolute atomic E-state index is 11.2. The molecule has 1 amide bonds. The van der Waals surface area contributed by atoms with Crippen LogP contribution in [0.15, 0.2) is 4.52 Å². The minimum absolute atomic E-state index is 0.188. The molecule has 18 heavy (non-hydrogen) atoms. The van der Waals surface area contributed by atoms with Gasteiger partial charge < -0.3 is 9.42 Å². The van der Waals surface area contributed by atoms with Gasteiger partial charge in [-0.05, 0) is 31.6 Å². The normalized spacial score (nSPS) is 23.6. The summed E-state index contributed by atoms with van der Waals surface area (Å²) < 4.78 is 5.24. The quantitative estimate of drug-likeness (QED) is 0.815. The zero-order valence-corrected chi connectivity index (χ0v) is 10.8. The summed E-state index contributed by atoms with van der Waals surface area (Å²) >= 11 is 0. The summed E-state index contributed by atoms with van der Waals surface area (Å²) in [5, 5.41) is 4.03. The van der Waals surface area contributed by atoms with E-state index in [4.69, 9.17) is 4.52 Å². The summed E-state index contributed by atoms with van der Waals surface area (Å²) in [5.74, 6) is 2.97. The second-order valence-corrected chi connectivity index (χ2v) is 5.48. The molecule has 0 radical (unpaired) electrons. The third kappa shape index (κ3) is 2.54. The molecule has 1 atom stereocenters. The van der Waals surface area contributed by atoms with Crippen molar-refractivity contribution in [3.05, 3.63) is 11.7 Å². The van der Waals surface area contributed by atoms with Crippen LogP contribution in [0.1, 0.15) is 50.2 Å². The van der Waals surface area contributed by atoms with E-state index in [-0.39, 0.29) is 5.91 Å². The highest BCUT2D eigenvalue weighted by atomic mass is 16.5. The van der Waals surface area contributed by atoms with E-state index in [1.807, 2.05) is 4.90 Å². The van der Waals surface area contributed by atoms with E-state index in [1.54, 1.807) is 6.92 Å². The number of rotatable bonds is 4. The molecule has 0 bridgehead atoms. The molecule has 1 aliphatic carbocycles. The lowest BCUT2D eigenvalue weighted by atomic mass is 10.0. The van der Waals surface area contributed by atoms with Crippen molar-refractivity contribution in [3.8, 4) is 0 Å². The fourth-order valence-electron chi connectivity index (χ4n) is 2.55. The number of carbonyl (C=O) groups excluding carboxylic acids is 1. The monoisotopic (exact) mass is 249 g/mol. The molecule has 5 heteroatoms. The second kappa shape index (κ2) is 4.71. The van der Waals surface area contributed by atoms with Gasteiger partial charge in [-0.2, -0.15) is 4.98 Å². The summed E-state index contributed by atoms with van der Waals surface area (Å²) in [6.07, 6.45) is 5.41. The summed E-state index contributed by atoms with van der Waals surface area (Å²) in [5.41, 5.74) is 0. The van der Waals surface area contributed by atoms with Gasteiger partial charge >= 0.3 is 0 Å². The fraction of sp³-hybridized carbons (Fsp3) is 0.769. The van der Waals surface area contributed by atoms with Crippen LogP contribution in [0.5, 0.6) is 0 Å². The van der Waals surface area contributed by atoms with Crippen LogP contribution in [-0.2, 0) is 11.2 Å². The predicted molar refractivity (Wildman–Crippen MR) is 65.0 cm³/mol. The summed E-state index contributed by atoms with van der Waals surface area (Å²) in [6, 6.07) is 0. The van der Waals surface area contributed by atoms with Crippen LogP contribution in [0.3, 0.4) is 0 Å². The Morgan fingerprint density at radius 3 is 2.94 bits per heavy atom. The largest absolute Gasteiger partial charge is 0.343 e. The van der Waals surface area contributed by atoms with Crippen LogP contribution in [-0.4, -0.2) is 34.0 Å². The molecule has 1 aromatic rings. The molecule has 1 saturated carbocycles. The molecule has 1 aromatic heterocycles. The highest BCUT2D eigenvalue weighted by Crippen LogP contribution is 2.38. The molecule has 3 rings (SSSR count). The molecule has 5 nitrogen and oxygen atoms in total. The van der Waals surface area contributed by atoms with Crippen molar-refractivity contribution in [2.24, 2.45) is 5.92 Å². The van der Waals surface area contributed by atoms with Crippen LogP contribution in [0.25, 0.3) is 0 Å². The van der Waals surface area contributed by atoms with Crippen LogP contribution >= 0.6 is 0 Å². The van der Waals surface area contributed by atoms with Crippen molar-refractivity contribution in [1.29, 1.82) is 0 Å². The molecule has 0 N–H and O–H groups in total. The maximum atomic E-state index is 11.2. The molecule has 2 aliphatic rings. The van der Waals surface area contributed by atoms with Crippen molar-refractivity contribution >= 4 is 5.91 Å². The summed E-state index contributed by atoms with van der Waals surface area (Å²) in [7, 11) is 0. The third-order valence-corrected chi connectivity index (χ3v) is 3.92. The fourth-order valence-corrected chi connectivity index (χ4v) is 2.55. The van der Waals surface area contributed by atoms with Gasteiger partial charge in [0.05, 0.1) is 0 Å². The van der Waals surface area contributed by atoms with Gasteiger partial charge in [0.25, 0.3) is 0 Å². The van der Waals surface area contributed by atoms with Gasteiger partial charge in [0.1, 0.15) is 0 Å². The number of amides is 1. The Kier molecular flexibility index (Phi) is 3.06. The molecule has 1 saturated heterocycles. The van der Waals surface area contributed by atoms with E-state index < -0.39 is 0 Å². The predicted octanol–water partition coefficient (Wildman–Crippen LogP) is 1.75. The first kappa shape index (κ1) is 11.7. The average Bonchev–Trinajstić information content (AvgIpc) is 2.92. The Morgan fingerprint density at radius 2 is 2.28 bits per heavy atom. The Hall–Kier alpha value is -1.39. The Morgan fingerprint density at radius 1 is 1.44 bits per heavy atom. The van der Waals surface area contributed by atoms with Gasteiger partial charge in [0.15, 0.2) is 5.82 Å². The first-order valence-corrected chi connectivity index (χ1v) is 6.80. The lowest BCUT2D eigenvalue weighted by Gasteiger charge is -2.13. The number of nitrogens with zero attached hydrogens (tertiary/aromatic N) is 3. The average molecular weight is 249 g/mol. The minimum Gasteiger partial charge on any atom is -0.343 e. The van der Waals surface area contributed by atoms with E-state index in [2.05, 4.69) is 10.1 Å². The lowest BCUT2D eigenvalue weighted by molar-refractivity contribution is -0.127.